The van der Waals surface area contributed by atoms with Crippen LogP contribution in [0.4, 0.5) is 0 Å². The van der Waals surface area contributed by atoms with Crippen LogP contribution in [0.25, 0.3) is 0 Å². The molecule has 13 heavy (non-hydrogen) atoms. The van der Waals surface area contributed by atoms with Crippen molar-refractivity contribution < 1.29 is 9.84 Å². The molecule has 0 atom stereocenters. The van der Waals surface area contributed by atoms with Crippen LogP contribution in [0.1, 0.15) is 0 Å². The second kappa shape index (κ2) is 3.29. The Morgan fingerprint density at radius 2 is 2.46 bits per heavy atom. The van der Waals surface area contributed by atoms with E-state index in [-0.39, 0.29) is 12.0 Å². The van der Waals surface area contributed by atoms with E-state index in [1.807, 2.05) is 0 Å². The van der Waals surface area contributed by atoms with Crippen molar-refractivity contribution in [2.75, 3.05) is 19.8 Å². The van der Waals surface area contributed by atoms with E-state index >= 15 is 0 Å². The molecule has 1 fully saturated rings. The Morgan fingerprint density at radius 1 is 1.69 bits per heavy atom. The van der Waals surface area contributed by atoms with Crippen LogP contribution in [0.2, 0.25) is 5.02 Å². The van der Waals surface area contributed by atoms with Gasteiger partial charge in [0, 0.05) is 6.20 Å². The molecule has 0 amide bonds. The van der Waals surface area contributed by atoms with E-state index in [1.54, 1.807) is 17.1 Å². The van der Waals surface area contributed by atoms with E-state index < -0.39 is 0 Å². The molecule has 72 valence electrons. The number of nitrogens with zero attached hydrogens (tertiary/aromatic N) is 2. The lowest BCUT2D eigenvalue weighted by Crippen LogP contribution is -2.48. The summed E-state index contributed by atoms with van der Waals surface area (Å²) in [5.41, 5.74) is -0.144. The van der Waals surface area contributed by atoms with Crippen LogP contribution < -0.4 is 0 Å². The average molecular weight is 203 g/mol. The summed E-state index contributed by atoms with van der Waals surface area (Å²) < 4.78 is 6.81. The molecular weight excluding hydrogens is 192 g/mol. The Hall–Kier alpha value is -0.580. The van der Waals surface area contributed by atoms with Crippen molar-refractivity contribution in [3.63, 3.8) is 0 Å². The zero-order valence-corrected chi connectivity index (χ0v) is 7.87. The largest absolute Gasteiger partial charge is 0.396 e. The molecule has 0 bridgehead atoms. The normalized spacial score (nSPS) is 19.8. The minimum Gasteiger partial charge on any atom is -0.396 e. The van der Waals surface area contributed by atoms with Gasteiger partial charge in [0.05, 0.1) is 43.0 Å². The minimum atomic E-state index is -0.144. The molecular formula is C8H11ClN2O2. The first-order chi connectivity index (χ1) is 6.24. The maximum atomic E-state index is 9.15. The molecule has 5 heteroatoms. The van der Waals surface area contributed by atoms with Gasteiger partial charge in [0.1, 0.15) is 0 Å². The molecule has 1 saturated heterocycles. The second-order valence-corrected chi connectivity index (χ2v) is 3.94. The topological polar surface area (TPSA) is 47.3 Å². The first-order valence-corrected chi connectivity index (χ1v) is 4.48. The number of hydrogen-bond donors (Lipinski definition) is 1. The smallest absolute Gasteiger partial charge is 0.0785 e. The molecule has 1 N–H and O–H groups in total. The summed E-state index contributed by atoms with van der Waals surface area (Å²) >= 11 is 5.72. The van der Waals surface area contributed by atoms with Gasteiger partial charge < -0.3 is 9.84 Å². The van der Waals surface area contributed by atoms with E-state index in [2.05, 4.69) is 5.10 Å². The fraction of sp³-hybridized carbons (Fsp3) is 0.625. The highest BCUT2D eigenvalue weighted by molar-refractivity contribution is 6.30. The van der Waals surface area contributed by atoms with Gasteiger partial charge in [-0.1, -0.05) is 11.6 Å². The van der Waals surface area contributed by atoms with Crippen molar-refractivity contribution in [2.45, 2.75) is 6.54 Å². The third kappa shape index (κ3) is 1.70. The van der Waals surface area contributed by atoms with Gasteiger partial charge in [0.25, 0.3) is 0 Å². The molecule has 4 nitrogen and oxygen atoms in total. The van der Waals surface area contributed by atoms with E-state index in [0.717, 1.165) is 0 Å². The van der Waals surface area contributed by atoms with Gasteiger partial charge in [-0.15, -0.1) is 0 Å². The van der Waals surface area contributed by atoms with Crippen LogP contribution in [0, 0.1) is 5.41 Å². The summed E-state index contributed by atoms with van der Waals surface area (Å²) in [7, 11) is 0. The van der Waals surface area contributed by atoms with Crippen molar-refractivity contribution in [3.05, 3.63) is 17.4 Å². The Bertz CT molecular complexity index is 291. The number of rotatable bonds is 3. The zero-order valence-electron chi connectivity index (χ0n) is 7.11. The van der Waals surface area contributed by atoms with Crippen LogP contribution in [0.3, 0.4) is 0 Å². The Balaban J connectivity index is 2.04. The lowest BCUT2D eigenvalue weighted by molar-refractivity contribution is -0.146. The lowest BCUT2D eigenvalue weighted by atomic mass is 9.87. The predicted molar refractivity (Wildman–Crippen MR) is 47.6 cm³/mol. The Morgan fingerprint density at radius 3 is 2.85 bits per heavy atom. The summed E-state index contributed by atoms with van der Waals surface area (Å²) in [4.78, 5) is 0. The van der Waals surface area contributed by atoms with Crippen molar-refractivity contribution >= 4 is 11.6 Å². The molecule has 0 aliphatic carbocycles. The van der Waals surface area contributed by atoms with Gasteiger partial charge in [-0.25, -0.2) is 0 Å². The molecule has 0 aromatic carbocycles. The minimum absolute atomic E-state index is 0.129. The van der Waals surface area contributed by atoms with Gasteiger partial charge in [-0.3, -0.25) is 4.68 Å². The summed E-state index contributed by atoms with van der Waals surface area (Å²) in [5, 5.41) is 13.8. The summed E-state index contributed by atoms with van der Waals surface area (Å²) in [6.07, 6.45) is 3.34. The third-order valence-electron chi connectivity index (χ3n) is 2.25. The monoisotopic (exact) mass is 202 g/mol. The second-order valence-electron chi connectivity index (χ2n) is 3.51. The van der Waals surface area contributed by atoms with Crippen molar-refractivity contribution in [2.24, 2.45) is 5.41 Å². The maximum Gasteiger partial charge on any atom is 0.0785 e. The van der Waals surface area contributed by atoms with E-state index in [1.165, 1.54) is 0 Å². The number of aromatic nitrogens is 2. The van der Waals surface area contributed by atoms with Gasteiger partial charge in [0.15, 0.2) is 0 Å². The summed E-state index contributed by atoms with van der Waals surface area (Å²) in [5.74, 6) is 0. The van der Waals surface area contributed by atoms with Crippen molar-refractivity contribution in [1.29, 1.82) is 0 Å². The molecule has 0 unspecified atom stereocenters. The molecule has 2 heterocycles. The standard InChI is InChI=1S/C8H11ClN2O2/c9-7-1-10-11(2-7)3-8(4-12)5-13-6-8/h1-2,12H,3-6H2. The molecule has 0 radical (unpaired) electrons. The number of aliphatic hydroxyl groups is 1. The highest BCUT2D eigenvalue weighted by Crippen LogP contribution is 2.28. The molecule has 0 spiro atoms. The van der Waals surface area contributed by atoms with Crippen LogP contribution >= 0.6 is 11.6 Å². The maximum absolute atomic E-state index is 9.15. The quantitative estimate of drug-likeness (QED) is 0.779. The van der Waals surface area contributed by atoms with E-state index in [0.29, 0.717) is 24.8 Å². The van der Waals surface area contributed by atoms with Crippen LogP contribution in [0.5, 0.6) is 0 Å². The molecule has 1 aromatic heterocycles. The van der Waals surface area contributed by atoms with E-state index in [4.69, 9.17) is 21.4 Å². The molecule has 1 aliphatic rings. The fourth-order valence-electron chi connectivity index (χ4n) is 1.39. The number of halogens is 1. The number of hydrogen-bond acceptors (Lipinski definition) is 3. The van der Waals surface area contributed by atoms with Gasteiger partial charge in [-0.05, 0) is 0 Å². The lowest BCUT2D eigenvalue weighted by Gasteiger charge is -2.39. The molecule has 2 rings (SSSR count). The summed E-state index contributed by atoms with van der Waals surface area (Å²) in [6, 6.07) is 0. The third-order valence-corrected chi connectivity index (χ3v) is 2.45. The highest BCUT2D eigenvalue weighted by Gasteiger charge is 2.38. The Labute approximate surface area is 81.1 Å². The van der Waals surface area contributed by atoms with Crippen molar-refractivity contribution in [1.82, 2.24) is 9.78 Å². The van der Waals surface area contributed by atoms with Crippen LogP contribution in [0.15, 0.2) is 12.4 Å². The Kier molecular flexibility index (Phi) is 2.27. The first-order valence-electron chi connectivity index (χ1n) is 4.11. The number of ether oxygens (including phenoxy) is 1. The molecule has 1 aromatic rings. The number of aliphatic hydroxyl groups excluding tert-OH is 1. The predicted octanol–water partition coefficient (Wildman–Crippen LogP) is 0.545. The molecule has 0 saturated carbocycles. The van der Waals surface area contributed by atoms with Crippen molar-refractivity contribution in [3.8, 4) is 0 Å². The van der Waals surface area contributed by atoms with Crippen LogP contribution in [-0.2, 0) is 11.3 Å². The molecule has 1 aliphatic heterocycles. The van der Waals surface area contributed by atoms with E-state index in [9.17, 15) is 0 Å². The van der Waals surface area contributed by atoms with Gasteiger partial charge in [-0.2, -0.15) is 5.10 Å². The zero-order chi connectivity index (χ0) is 9.31. The van der Waals surface area contributed by atoms with Crippen LogP contribution in [-0.4, -0.2) is 34.7 Å². The fourth-order valence-corrected chi connectivity index (χ4v) is 1.55. The van der Waals surface area contributed by atoms with Gasteiger partial charge in [0.2, 0.25) is 0 Å². The van der Waals surface area contributed by atoms with Gasteiger partial charge >= 0.3 is 0 Å². The SMILES string of the molecule is OCC1(Cn2cc(Cl)cn2)COC1. The first kappa shape index (κ1) is 8.99. The average Bonchev–Trinajstić information content (AvgIpc) is 2.44. The highest BCUT2D eigenvalue weighted by atomic mass is 35.5. The summed E-state index contributed by atoms with van der Waals surface area (Å²) in [6.45, 7) is 1.99.